The first-order valence-electron chi connectivity index (χ1n) is 11.9. The zero-order valence-corrected chi connectivity index (χ0v) is 22.0. The van der Waals surface area contributed by atoms with E-state index in [0.29, 0.717) is 29.1 Å². The molecule has 1 N–H and O–H groups in total. The number of rotatable bonds is 10. The fourth-order valence-corrected chi connectivity index (χ4v) is 5.48. The minimum Gasteiger partial charge on any atom is -0.352 e. The Labute approximate surface area is 227 Å². The maximum Gasteiger partial charge on any atom is 0.251 e. The number of hydrogen-bond donors (Lipinski definition) is 1. The molecule has 0 bridgehead atoms. The molecule has 0 saturated carbocycles. The van der Waals surface area contributed by atoms with E-state index in [1.807, 2.05) is 30.3 Å². The van der Waals surface area contributed by atoms with Crippen LogP contribution in [0.1, 0.15) is 32.6 Å². The van der Waals surface area contributed by atoms with Crippen LogP contribution < -0.4 is 5.32 Å². The number of nitriles is 1. The standard InChI is InChI=1S/C29H25ClN4O3S/c30-27-5-1-3-22(17-27)14-16-33-29(35)26-10-6-24(7-11-26)20-34(21-25-4-2-15-32-19-25)38(36,37)28-12-8-23(18-31)9-13-28/h1-13,15,17,19H,14,16,20-21H2,(H,33,35). The number of aromatic nitrogens is 1. The second-order valence-electron chi connectivity index (χ2n) is 8.60. The predicted molar refractivity (Wildman–Crippen MR) is 146 cm³/mol. The van der Waals surface area contributed by atoms with Crippen LogP contribution in [0, 0.1) is 11.3 Å². The third-order valence-electron chi connectivity index (χ3n) is 5.87. The number of carbonyl (C=O) groups is 1. The van der Waals surface area contributed by atoms with Crippen molar-refractivity contribution in [2.24, 2.45) is 0 Å². The van der Waals surface area contributed by atoms with Crippen molar-refractivity contribution in [3.63, 3.8) is 0 Å². The average molecular weight is 545 g/mol. The number of nitrogens with one attached hydrogen (secondary N) is 1. The van der Waals surface area contributed by atoms with E-state index < -0.39 is 10.0 Å². The van der Waals surface area contributed by atoms with Crippen LogP contribution in [0.5, 0.6) is 0 Å². The summed E-state index contributed by atoms with van der Waals surface area (Å²) in [5.74, 6) is -0.212. The molecule has 0 radical (unpaired) electrons. The van der Waals surface area contributed by atoms with Crippen LogP contribution >= 0.6 is 11.6 Å². The molecule has 0 saturated heterocycles. The molecule has 7 nitrogen and oxygen atoms in total. The van der Waals surface area contributed by atoms with Gasteiger partial charge < -0.3 is 5.32 Å². The average Bonchev–Trinajstić information content (AvgIpc) is 2.93. The van der Waals surface area contributed by atoms with Gasteiger partial charge in [-0.25, -0.2) is 8.42 Å². The molecule has 0 spiro atoms. The summed E-state index contributed by atoms with van der Waals surface area (Å²) in [7, 11) is -3.88. The number of hydrogen-bond acceptors (Lipinski definition) is 5. The van der Waals surface area contributed by atoms with Crippen LogP contribution in [0.15, 0.2) is 102 Å². The summed E-state index contributed by atoms with van der Waals surface area (Å²) in [5, 5.41) is 12.6. The number of carbonyl (C=O) groups excluding carboxylic acids is 1. The lowest BCUT2D eigenvalue weighted by Crippen LogP contribution is -2.30. The summed E-state index contributed by atoms with van der Waals surface area (Å²) >= 11 is 6.01. The van der Waals surface area contributed by atoms with Crippen LogP contribution in [-0.2, 0) is 29.5 Å². The Morgan fingerprint density at radius 1 is 0.921 bits per heavy atom. The normalized spacial score (nSPS) is 11.2. The van der Waals surface area contributed by atoms with Crippen molar-refractivity contribution in [1.82, 2.24) is 14.6 Å². The molecule has 3 aromatic carbocycles. The summed E-state index contributed by atoms with van der Waals surface area (Å²) in [4.78, 5) is 16.8. The number of nitrogens with zero attached hydrogens (tertiary/aromatic N) is 3. The second kappa shape index (κ2) is 12.5. The van der Waals surface area contributed by atoms with E-state index in [0.717, 1.165) is 16.7 Å². The number of pyridine rings is 1. The molecule has 4 aromatic rings. The van der Waals surface area contributed by atoms with Crippen molar-refractivity contribution in [2.45, 2.75) is 24.4 Å². The summed E-state index contributed by atoms with van der Waals surface area (Å²) in [6.07, 6.45) is 3.90. The molecule has 1 heterocycles. The van der Waals surface area contributed by atoms with Gasteiger partial charge in [0.05, 0.1) is 16.5 Å². The first-order chi connectivity index (χ1) is 18.3. The van der Waals surface area contributed by atoms with E-state index in [1.54, 1.807) is 48.8 Å². The third kappa shape index (κ3) is 7.05. The highest BCUT2D eigenvalue weighted by atomic mass is 35.5. The van der Waals surface area contributed by atoms with Gasteiger partial charge in [0.2, 0.25) is 10.0 Å². The molecule has 0 aliphatic heterocycles. The van der Waals surface area contributed by atoms with Crippen molar-refractivity contribution in [1.29, 1.82) is 5.26 Å². The molecular formula is C29H25ClN4O3S. The molecule has 38 heavy (non-hydrogen) atoms. The zero-order chi connectivity index (χ0) is 27.0. The van der Waals surface area contributed by atoms with Gasteiger partial charge in [0, 0.05) is 42.6 Å². The lowest BCUT2D eigenvalue weighted by molar-refractivity contribution is 0.0954. The summed E-state index contributed by atoms with van der Waals surface area (Å²) in [6.45, 7) is 0.665. The highest BCUT2D eigenvalue weighted by molar-refractivity contribution is 7.89. The van der Waals surface area contributed by atoms with Gasteiger partial charge in [-0.15, -0.1) is 0 Å². The Bertz CT molecular complexity index is 1540. The van der Waals surface area contributed by atoms with Crippen LogP contribution in [0.25, 0.3) is 0 Å². The van der Waals surface area contributed by atoms with Gasteiger partial charge in [-0.05, 0) is 77.7 Å². The smallest absolute Gasteiger partial charge is 0.251 e. The van der Waals surface area contributed by atoms with E-state index in [9.17, 15) is 13.2 Å². The zero-order valence-electron chi connectivity index (χ0n) is 20.4. The fraction of sp³-hybridized carbons (Fsp3) is 0.138. The van der Waals surface area contributed by atoms with E-state index in [2.05, 4.69) is 10.3 Å². The maximum absolute atomic E-state index is 13.5. The van der Waals surface area contributed by atoms with Crippen molar-refractivity contribution < 1.29 is 13.2 Å². The van der Waals surface area contributed by atoms with Gasteiger partial charge in [0.1, 0.15) is 0 Å². The van der Waals surface area contributed by atoms with E-state index >= 15 is 0 Å². The lowest BCUT2D eigenvalue weighted by Gasteiger charge is -2.22. The predicted octanol–water partition coefficient (Wildman–Crippen LogP) is 4.97. The molecule has 1 aromatic heterocycles. The van der Waals surface area contributed by atoms with Crippen LogP contribution in [0.2, 0.25) is 5.02 Å². The Kier molecular flexibility index (Phi) is 8.87. The van der Waals surface area contributed by atoms with Gasteiger partial charge in [0.15, 0.2) is 0 Å². The monoisotopic (exact) mass is 544 g/mol. The van der Waals surface area contributed by atoms with E-state index in [1.165, 1.54) is 28.6 Å². The number of sulfonamides is 1. The molecule has 0 fully saturated rings. The SMILES string of the molecule is N#Cc1ccc(S(=O)(=O)N(Cc2ccc(C(=O)NCCc3cccc(Cl)c3)cc2)Cc2cccnc2)cc1. The van der Waals surface area contributed by atoms with Gasteiger partial charge >= 0.3 is 0 Å². The highest BCUT2D eigenvalue weighted by Crippen LogP contribution is 2.22. The molecule has 1 amide bonds. The first kappa shape index (κ1) is 27.0. The molecular weight excluding hydrogens is 520 g/mol. The Morgan fingerprint density at radius 3 is 2.29 bits per heavy atom. The van der Waals surface area contributed by atoms with Crippen molar-refractivity contribution in [3.05, 3.63) is 130 Å². The second-order valence-corrected chi connectivity index (χ2v) is 11.0. The van der Waals surface area contributed by atoms with Gasteiger partial charge in [-0.2, -0.15) is 9.57 Å². The fourth-order valence-electron chi connectivity index (χ4n) is 3.85. The van der Waals surface area contributed by atoms with Crippen molar-refractivity contribution in [2.75, 3.05) is 6.54 Å². The number of benzene rings is 3. The summed E-state index contributed by atoms with van der Waals surface area (Å²) < 4.78 is 28.4. The number of amides is 1. The molecule has 0 aliphatic rings. The molecule has 0 unspecified atom stereocenters. The van der Waals surface area contributed by atoms with Crippen LogP contribution in [0.3, 0.4) is 0 Å². The molecule has 192 valence electrons. The summed E-state index contributed by atoms with van der Waals surface area (Å²) in [6, 6.07) is 25.7. The van der Waals surface area contributed by atoms with E-state index in [-0.39, 0.29) is 23.9 Å². The quantitative estimate of drug-likeness (QED) is 0.303. The van der Waals surface area contributed by atoms with Crippen molar-refractivity contribution in [3.8, 4) is 6.07 Å². The van der Waals surface area contributed by atoms with Crippen LogP contribution in [-0.4, -0.2) is 30.2 Å². The van der Waals surface area contributed by atoms with Crippen LogP contribution in [0.4, 0.5) is 0 Å². The van der Waals surface area contributed by atoms with E-state index in [4.69, 9.17) is 16.9 Å². The Hall–Kier alpha value is -4.03. The largest absolute Gasteiger partial charge is 0.352 e. The Balaban J connectivity index is 1.47. The Morgan fingerprint density at radius 2 is 1.63 bits per heavy atom. The molecule has 0 atom stereocenters. The molecule has 4 rings (SSSR count). The number of halogens is 1. The van der Waals surface area contributed by atoms with Crippen molar-refractivity contribution >= 4 is 27.5 Å². The minimum atomic E-state index is -3.88. The first-order valence-corrected chi connectivity index (χ1v) is 13.7. The third-order valence-corrected chi connectivity index (χ3v) is 7.91. The topological polar surface area (TPSA) is 103 Å². The van der Waals surface area contributed by atoms with Gasteiger partial charge in [-0.1, -0.05) is 41.9 Å². The van der Waals surface area contributed by atoms with Gasteiger partial charge in [0.25, 0.3) is 5.91 Å². The lowest BCUT2D eigenvalue weighted by atomic mass is 10.1. The van der Waals surface area contributed by atoms with Gasteiger partial charge in [-0.3, -0.25) is 9.78 Å². The minimum absolute atomic E-state index is 0.0912. The molecule has 9 heteroatoms. The molecule has 0 aliphatic carbocycles. The summed E-state index contributed by atoms with van der Waals surface area (Å²) in [5.41, 5.74) is 3.35. The maximum atomic E-state index is 13.5. The highest BCUT2D eigenvalue weighted by Gasteiger charge is 2.25.